The minimum Gasteiger partial charge on any atom is -0.393 e. The summed E-state index contributed by atoms with van der Waals surface area (Å²) in [5.41, 5.74) is 1.22. The highest BCUT2D eigenvalue weighted by atomic mass is 16.3. The maximum Gasteiger partial charge on any atom is 0.0574 e. The Bertz CT molecular complexity index is 162. The van der Waals surface area contributed by atoms with Crippen molar-refractivity contribution in [1.29, 1.82) is 0 Å². The van der Waals surface area contributed by atoms with E-state index in [1.807, 2.05) is 0 Å². The van der Waals surface area contributed by atoms with Gasteiger partial charge >= 0.3 is 0 Å². The van der Waals surface area contributed by atoms with E-state index < -0.39 is 0 Å². The summed E-state index contributed by atoms with van der Waals surface area (Å²) in [6.07, 6.45) is 0.809. The summed E-state index contributed by atoms with van der Waals surface area (Å²) in [4.78, 5) is 0. The Morgan fingerprint density at radius 2 is 1.91 bits per heavy atom. The van der Waals surface area contributed by atoms with Crippen molar-refractivity contribution in [3.8, 4) is 0 Å². The topological polar surface area (TPSA) is 20.2 Å². The van der Waals surface area contributed by atoms with E-state index in [9.17, 15) is 5.11 Å². The maximum atomic E-state index is 9.55. The van der Waals surface area contributed by atoms with Crippen molar-refractivity contribution in [3.63, 3.8) is 0 Å². The Labute approximate surface area is 69.1 Å². The first-order chi connectivity index (χ1) is 5.04. The molecule has 0 bridgehead atoms. The molecule has 1 heteroatoms. The van der Waals surface area contributed by atoms with E-state index in [-0.39, 0.29) is 6.10 Å². The van der Waals surface area contributed by atoms with Crippen molar-refractivity contribution in [2.75, 3.05) is 0 Å². The van der Waals surface area contributed by atoms with Crippen LogP contribution < -0.4 is 0 Å². The van der Waals surface area contributed by atoms with Crippen LogP contribution in [-0.2, 0) is 0 Å². The molecule has 0 unspecified atom stereocenters. The van der Waals surface area contributed by atoms with Crippen LogP contribution in [0.1, 0.15) is 27.2 Å². The van der Waals surface area contributed by atoms with Gasteiger partial charge in [0.15, 0.2) is 0 Å². The molecule has 1 rings (SSSR count). The van der Waals surface area contributed by atoms with E-state index in [1.54, 1.807) is 0 Å². The number of hydrogen-bond donors (Lipinski definition) is 1. The minimum atomic E-state index is -0.105. The van der Waals surface area contributed by atoms with E-state index in [0.717, 1.165) is 6.42 Å². The average Bonchev–Trinajstić information content (AvgIpc) is 2.17. The van der Waals surface area contributed by atoms with Crippen LogP contribution in [0.3, 0.4) is 0 Å². The summed E-state index contributed by atoms with van der Waals surface area (Å²) in [6.45, 7) is 10.3. The predicted molar refractivity (Wildman–Crippen MR) is 47.3 cm³/mol. The molecule has 0 radical (unpaired) electrons. The molecule has 11 heavy (non-hydrogen) atoms. The molecule has 0 aromatic rings. The monoisotopic (exact) mass is 154 g/mol. The minimum absolute atomic E-state index is 0.105. The van der Waals surface area contributed by atoms with Gasteiger partial charge in [-0.1, -0.05) is 26.0 Å². The van der Waals surface area contributed by atoms with Crippen LogP contribution >= 0.6 is 0 Å². The Morgan fingerprint density at radius 1 is 1.36 bits per heavy atom. The van der Waals surface area contributed by atoms with Crippen molar-refractivity contribution >= 4 is 0 Å². The van der Waals surface area contributed by atoms with Gasteiger partial charge in [-0.3, -0.25) is 0 Å². The van der Waals surface area contributed by atoms with Gasteiger partial charge in [0.25, 0.3) is 0 Å². The quantitative estimate of drug-likeness (QED) is 0.574. The summed E-state index contributed by atoms with van der Waals surface area (Å²) in [6, 6.07) is 0. The van der Waals surface area contributed by atoms with E-state index in [1.165, 1.54) is 5.57 Å². The third-order valence-corrected chi connectivity index (χ3v) is 3.20. The van der Waals surface area contributed by atoms with Crippen molar-refractivity contribution in [3.05, 3.63) is 12.2 Å². The summed E-state index contributed by atoms with van der Waals surface area (Å²) in [7, 11) is 0. The fourth-order valence-corrected chi connectivity index (χ4v) is 2.06. The first kappa shape index (κ1) is 8.79. The van der Waals surface area contributed by atoms with E-state index in [4.69, 9.17) is 0 Å². The van der Waals surface area contributed by atoms with Crippen molar-refractivity contribution < 1.29 is 5.11 Å². The second kappa shape index (κ2) is 2.98. The average molecular weight is 154 g/mol. The lowest BCUT2D eigenvalue weighted by atomic mass is 9.88. The molecule has 0 saturated heterocycles. The third kappa shape index (κ3) is 1.48. The first-order valence-corrected chi connectivity index (χ1v) is 4.37. The predicted octanol–water partition coefficient (Wildman–Crippen LogP) is 2.22. The van der Waals surface area contributed by atoms with Crippen LogP contribution in [0.25, 0.3) is 0 Å². The number of aliphatic hydroxyl groups is 1. The van der Waals surface area contributed by atoms with Crippen LogP contribution in [-0.4, -0.2) is 11.2 Å². The lowest BCUT2D eigenvalue weighted by molar-refractivity contribution is 0.130. The lowest BCUT2D eigenvalue weighted by Crippen LogP contribution is -2.13. The Morgan fingerprint density at radius 3 is 2.09 bits per heavy atom. The van der Waals surface area contributed by atoms with E-state index in [2.05, 4.69) is 27.4 Å². The molecule has 0 aromatic carbocycles. The van der Waals surface area contributed by atoms with Gasteiger partial charge in [0.05, 0.1) is 6.10 Å². The normalized spacial score (nSPS) is 44.4. The SMILES string of the molecule is C=C(C)[C@@H]1C[C@H](O)[C@@H](C)[C@H]1C. The number of hydrogen-bond acceptors (Lipinski definition) is 1. The van der Waals surface area contributed by atoms with Gasteiger partial charge in [0.1, 0.15) is 0 Å². The van der Waals surface area contributed by atoms with Crippen molar-refractivity contribution in [2.45, 2.75) is 33.3 Å². The molecule has 0 aromatic heterocycles. The fraction of sp³-hybridized carbons (Fsp3) is 0.800. The molecule has 0 amide bonds. The van der Waals surface area contributed by atoms with Gasteiger partial charge in [-0.15, -0.1) is 0 Å². The molecule has 0 spiro atoms. The van der Waals surface area contributed by atoms with Gasteiger partial charge in [-0.2, -0.15) is 0 Å². The highest BCUT2D eigenvalue weighted by Gasteiger charge is 2.36. The van der Waals surface area contributed by atoms with Gasteiger partial charge in [-0.25, -0.2) is 0 Å². The fourth-order valence-electron chi connectivity index (χ4n) is 2.06. The van der Waals surface area contributed by atoms with Gasteiger partial charge in [0, 0.05) is 0 Å². The van der Waals surface area contributed by atoms with Crippen LogP contribution in [0.2, 0.25) is 0 Å². The second-order valence-corrected chi connectivity index (χ2v) is 3.97. The zero-order valence-corrected chi connectivity index (χ0v) is 7.67. The first-order valence-electron chi connectivity index (χ1n) is 4.37. The smallest absolute Gasteiger partial charge is 0.0574 e. The molecule has 0 heterocycles. The molecule has 1 aliphatic carbocycles. The standard InChI is InChI=1S/C10H18O/c1-6(2)9-5-10(11)8(4)7(9)3/h7-11H,1,5H2,2-4H3/t7-,8+,9+,10+/m1/s1. The van der Waals surface area contributed by atoms with Crippen molar-refractivity contribution in [2.24, 2.45) is 17.8 Å². The summed E-state index contributed by atoms with van der Waals surface area (Å²) >= 11 is 0. The van der Waals surface area contributed by atoms with Crippen LogP contribution in [0.5, 0.6) is 0 Å². The molecule has 1 aliphatic rings. The van der Waals surface area contributed by atoms with Gasteiger partial charge in [-0.05, 0) is 31.1 Å². The summed E-state index contributed by atoms with van der Waals surface area (Å²) in [5.74, 6) is 1.58. The third-order valence-electron chi connectivity index (χ3n) is 3.20. The Kier molecular flexibility index (Phi) is 2.38. The second-order valence-electron chi connectivity index (χ2n) is 3.97. The van der Waals surface area contributed by atoms with E-state index in [0.29, 0.717) is 17.8 Å². The van der Waals surface area contributed by atoms with Gasteiger partial charge < -0.3 is 5.11 Å². The van der Waals surface area contributed by atoms with Crippen molar-refractivity contribution in [1.82, 2.24) is 0 Å². The molecule has 0 aliphatic heterocycles. The molecule has 64 valence electrons. The number of rotatable bonds is 1. The zero-order valence-electron chi connectivity index (χ0n) is 7.67. The maximum absolute atomic E-state index is 9.55. The highest BCUT2D eigenvalue weighted by Crippen LogP contribution is 2.39. The molecular weight excluding hydrogens is 136 g/mol. The summed E-state index contributed by atoms with van der Waals surface area (Å²) in [5, 5.41) is 9.55. The molecule has 1 N–H and O–H groups in total. The molecule has 1 saturated carbocycles. The molecule has 1 fully saturated rings. The lowest BCUT2D eigenvalue weighted by Gasteiger charge is -2.17. The molecule has 4 atom stereocenters. The number of aliphatic hydroxyl groups excluding tert-OH is 1. The highest BCUT2D eigenvalue weighted by molar-refractivity contribution is 5.04. The Balaban J connectivity index is 2.67. The van der Waals surface area contributed by atoms with Crippen LogP contribution in [0, 0.1) is 17.8 Å². The zero-order chi connectivity index (χ0) is 8.59. The van der Waals surface area contributed by atoms with Crippen LogP contribution in [0.15, 0.2) is 12.2 Å². The Hall–Kier alpha value is -0.300. The number of allylic oxidation sites excluding steroid dienone is 1. The molecular formula is C10H18O. The molecule has 1 nitrogen and oxygen atoms in total. The largest absolute Gasteiger partial charge is 0.393 e. The van der Waals surface area contributed by atoms with Crippen LogP contribution in [0.4, 0.5) is 0 Å². The van der Waals surface area contributed by atoms with E-state index >= 15 is 0 Å². The summed E-state index contributed by atoms with van der Waals surface area (Å²) < 4.78 is 0. The van der Waals surface area contributed by atoms with Gasteiger partial charge in [0.2, 0.25) is 0 Å².